The Balaban J connectivity index is 1.97. The Morgan fingerprint density at radius 2 is 2.22 bits per heavy atom. The third-order valence-corrected chi connectivity index (χ3v) is 2.67. The molecule has 1 saturated heterocycles. The number of carbonyl (C=O) groups excluding carboxylic acids is 1. The molecule has 18 heavy (non-hydrogen) atoms. The fraction of sp³-hybridized carbons (Fsp3) is 0.364. The van der Waals surface area contributed by atoms with Crippen molar-refractivity contribution in [1.29, 1.82) is 0 Å². The van der Waals surface area contributed by atoms with Crippen molar-refractivity contribution in [2.24, 2.45) is 0 Å². The quantitative estimate of drug-likeness (QED) is 0.573. The number of aliphatic hydroxyl groups is 1. The number of nitrogens with zero attached hydrogens (tertiary/aromatic N) is 1. The van der Waals surface area contributed by atoms with Gasteiger partial charge in [-0.25, -0.2) is 9.78 Å². The summed E-state index contributed by atoms with van der Waals surface area (Å²) in [6.07, 6.45) is 1.15. The van der Waals surface area contributed by atoms with Gasteiger partial charge in [0.05, 0.1) is 24.0 Å². The van der Waals surface area contributed by atoms with Crippen LogP contribution in [0.15, 0.2) is 18.3 Å². The van der Waals surface area contributed by atoms with Gasteiger partial charge < -0.3 is 20.8 Å². The highest BCUT2D eigenvalue weighted by molar-refractivity contribution is 5.95. The predicted octanol–water partition coefficient (Wildman–Crippen LogP) is -0.559. The van der Waals surface area contributed by atoms with Crippen LogP contribution in [0.5, 0.6) is 0 Å². The third kappa shape index (κ3) is 2.82. The Bertz CT molecular complexity index is 460. The number of nitrogens with one attached hydrogen (secondary N) is 2. The molecule has 2 rings (SSSR count). The molecule has 0 bridgehead atoms. The summed E-state index contributed by atoms with van der Waals surface area (Å²) in [5.41, 5.74) is 0.343. The second kappa shape index (κ2) is 5.11. The summed E-state index contributed by atoms with van der Waals surface area (Å²) in [5, 5.41) is 23.4. The summed E-state index contributed by atoms with van der Waals surface area (Å²) in [4.78, 5) is 26.0. The number of carbonyl (C=O) groups is 2. The number of rotatable bonds is 3. The van der Waals surface area contributed by atoms with E-state index in [2.05, 4.69) is 15.6 Å². The molecule has 0 spiro atoms. The standard InChI is InChI=1S/C11H13N3O4/c15-7-3-9(13-5-7)10(16)14-6-1-2-8(11(17)18)12-4-6/h1-2,4,7,9,13,15H,3,5H2,(H,14,16)(H,17,18). The van der Waals surface area contributed by atoms with Gasteiger partial charge in [-0.1, -0.05) is 0 Å². The summed E-state index contributed by atoms with van der Waals surface area (Å²) in [5.74, 6) is -1.38. The fourth-order valence-electron chi connectivity index (χ4n) is 1.74. The van der Waals surface area contributed by atoms with Crippen molar-refractivity contribution in [3.05, 3.63) is 24.0 Å². The van der Waals surface area contributed by atoms with Crippen LogP contribution in [0.4, 0.5) is 5.69 Å². The highest BCUT2D eigenvalue weighted by Crippen LogP contribution is 2.11. The van der Waals surface area contributed by atoms with Gasteiger partial charge in [0.25, 0.3) is 0 Å². The molecule has 4 N–H and O–H groups in total. The van der Waals surface area contributed by atoms with Crippen molar-refractivity contribution in [3.63, 3.8) is 0 Å². The van der Waals surface area contributed by atoms with Crippen molar-refractivity contribution in [3.8, 4) is 0 Å². The van der Waals surface area contributed by atoms with Crippen LogP contribution in [0, 0.1) is 0 Å². The summed E-state index contributed by atoms with van der Waals surface area (Å²) in [7, 11) is 0. The van der Waals surface area contributed by atoms with Gasteiger partial charge in [0, 0.05) is 6.54 Å². The van der Waals surface area contributed by atoms with Gasteiger partial charge in [0.15, 0.2) is 0 Å². The molecule has 2 heterocycles. The average molecular weight is 251 g/mol. The van der Waals surface area contributed by atoms with E-state index in [0.29, 0.717) is 18.7 Å². The lowest BCUT2D eigenvalue weighted by Gasteiger charge is -2.10. The number of β-amino-alcohol motifs (C(OH)–C–C–N with tert-alkyl or cyclic N) is 1. The lowest BCUT2D eigenvalue weighted by molar-refractivity contribution is -0.117. The Labute approximate surface area is 103 Å². The van der Waals surface area contributed by atoms with E-state index in [4.69, 9.17) is 5.11 Å². The van der Waals surface area contributed by atoms with Crippen molar-refractivity contribution < 1.29 is 19.8 Å². The average Bonchev–Trinajstić information content (AvgIpc) is 2.76. The summed E-state index contributed by atoms with van der Waals surface area (Å²) >= 11 is 0. The highest BCUT2D eigenvalue weighted by Gasteiger charge is 2.27. The molecule has 1 aromatic rings. The number of aromatic carboxylic acids is 1. The van der Waals surface area contributed by atoms with Crippen molar-refractivity contribution in [1.82, 2.24) is 10.3 Å². The first-order valence-corrected chi connectivity index (χ1v) is 5.48. The molecule has 1 aliphatic heterocycles. The van der Waals surface area contributed by atoms with Crippen molar-refractivity contribution in [2.75, 3.05) is 11.9 Å². The van der Waals surface area contributed by atoms with E-state index in [0.717, 1.165) is 0 Å². The summed E-state index contributed by atoms with van der Waals surface area (Å²) in [6.45, 7) is 0.397. The van der Waals surface area contributed by atoms with E-state index in [1.54, 1.807) is 0 Å². The molecule has 96 valence electrons. The molecular formula is C11H13N3O4. The minimum atomic E-state index is -1.12. The molecule has 7 heteroatoms. The van der Waals surface area contributed by atoms with E-state index in [1.165, 1.54) is 18.3 Å². The number of hydrogen-bond donors (Lipinski definition) is 4. The SMILES string of the molecule is O=C(O)c1ccc(NC(=O)C2CC(O)CN2)cn1. The van der Waals surface area contributed by atoms with E-state index in [1.807, 2.05) is 0 Å². The Kier molecular flexibility index (Phi) is 3.54. The van der Waals surface area contributed by atoms with Crippen LogP contribution in [-0.2, 0) is 4.79 Å². The zero-order valence-corrected chi connectivity index (χ0v) is 9.46. The monoisotopic (exact) mass is 251 g/mol. The summed E-state index contributed by atoms with van der Waals surface area (Å²) in [6, 6.07) is 2.35. The third-order valence-electron chi connectivity index (χ3n) is 2.67. The van der Waals surface area contributed by atoms with Crippen LogP contribution in [0.25, 0.3) is 0 Å². The first-order chi connectivity index (χ1) is 8.56. The Morgan fingerprint density at radius 1 is 1.44 bits per heavy atom. The molecule has 0 radical (unpaired) electrons. The second-order valence-electron chi connectivity index (χ2n) is 4.08. The predicted molar refractivity (Wildman–Crippen MR) is 62.2 cm³/mol. The number of hydrogen-bond acceptors (Lipinski definition) is 5. The Morgan fingerprint density at radius 3 is 2.72 bits per heavy atom. The van der Waals surface area contributed by atoms with E-state index in [9.17, 15) is 14.7 Å². The molecule has 1 aromatic heterocycles. The van der Waals surface area contributed by atoms with E-state index < -0.39 is 18.1 Å². The van der Waals surface area contributed by atoms with Gasteiger partial charge in [-0.2, -0.15) is 0 Å². The van der Waals surface area contributed by atoms with E-state index >= 15 is 0 Å². The number of pyridine rings is 1. The minimum Gasteiger partial charge on any atom is -0.477 e. The zero-order chi connectivity index (χ0) is 13.1. The van der Waals surface area contributed by atoms with Crippen LogP contribution in [0.3, 0.4) is 0 Å². The van der Waals surface area contributed by atoms with Crippen LogP contribution in [-0.4, -0.2) is 45.8 Å². The number of carboxylic acid groups (broad SMARTS) is 1. The largest absolute Gasteiger partial charge is 0.477 e. The zero-order valence-electron chi connectivity index (χ0n) is 9.46. The molecule has 0 saturated carbocycles. The van der Waals surface area contributed by atoms with Crippen LogP contribution < -0.4 is 10.6 Å². The maximum absolute atomic E-state index is 11.8. The minimum absolute atomic E-state index is 0.0811. The van der Waals surface area contributed by atoms with Crippen LogP contribution >= 0.6 is 0 Å². The first-order valence-electron chi connectivity index (χ1n) is 5.48. The number of aromatic nitrogens is 1. The molecule has 0 aliphatic carbocycles. The van der Waals surface area contributed by atoms with Crippen LogP contribution in [0.2, 0.25) is 0 Å². The van der Waals surface area contributed by atoms with Gasteiger partial charge in [-0.05, 0) is 18.6 Å². The number of carboxylic acids is 1. The molecule has 1 aliphatic rings. The van der Waals surface area contributed by atoms with Crippen LogP contribution in [0.1, 0.15) is 16.9 Å². The lowest BCUT2D eigenvalue weighted by atomic mass is 10.2. The molecule has 0 aromatic carbocycles. The smallest absolute Gasteiger partial charge is 0.354 e. The normalized spacial score (nSPS) is 22.7. The highest BCUT2D eigenvalue weighted by atomic mass is 16.4. The van der Waals surface area contributed by atoms with Gasteiger partial charge in [0.1, 0.15) is 5.69 Å². The van der Waals surface area contributed by atoms with Gasteiger partial charge in [0.2, 0.25) is 5.91 Å². The van der Waals surface area contributed by atoms with Gasteiger partial charge in [-0.3, -0.25) is 4.79 Å². The molecule has 1 fully saturated rings. The maximum atomic E-state index is 11.8. The second-order valence-corrected chi connectivity index (χ2v) is 4.08. The first kappa shape index (κ1) is 12.5. The van der Waals surface area contributed by atoms with E-state index in [-0.39, 0.29) is 11.6 Å². The van der Waals surface area contributed by atoms with Crippen molar-refractivity contribution in [2.45, 2.75) is 18.6 Å². The lowest BCUT2D eigenvalue weighted by Crippen LogP contribution is -2.35. The number of anilines is 1. The molecular weight excluding hydrogens is 238 g/mol. The maximum Gasteiger partial charge on any atom is 0.354 e. The van der Waals surface area contributed by atoms with Crippen molar-refractivity contribution >= 4 is 17.6 Å². The molecule has 2 atom stereocenters. The summed E-state index contributed by atoms with van der Waals surface area (Å²) < 4.78 is 0. The molecule has 2 unspecified atom stereocenters. The molecule has 7 nitrogen and oxygen atoms in total. The fourth-order valence-corrected chi connectivity index (χ4v) is 1.74. The topological polar surface area (TPSA) is 112 Å². The number of aliphatic hydroxyl groups excluding tert-OH is 1. The Hall–Kier alpha value is -1.99. The van der Waals surface area contributed by atoms with Gasteiger partial charge >= 0.3 is 5.97 Å². The van der Waals surface area contributed by atoms with Gasteiger partial charge in [-0.15, -0.1) is 0 Å². The molecule has 1 amide bonds. The number of amides is 1.